The Morgan fingerprint density at radius 3 is 3.00 bits per heavy atom. The van der Waals surface area contributed by atoms with Gasteiger partial charge in [-0.05, 0) is 57.2 Å². The number of nitrogens with zero attached hydrogens (tertiary/aromatic N) is 1. The van der Waals surface area contributed by atoms with Crippen LogP contribution >= 0.6 is 0 Å². The van der Waals surface area contributed by atoms with Crippen LogP contribution in [0.3, 0.4) is 0 Å². The maximum Gasteiger partial charge on any atom is 0.191 e. The maximum absolute atomic E-state index is 13.8. The molecule has 1 aromatic rings. The molecule has 1 aliphatic heterocycles. The number of hydrogen-bond donors (Lipinski definition) is 2. The molecule has 0 bridgehead atoms. The predicted octanol–water partition coefficient (Wildman–Crippen LogP) is 3.34. The summed E-state index contributed by atoms with van der Waals surface area (Å²) in [5.74, 6) is 0.557. The van der Waals surface area contributed by atoms with Crippen LogP contribution < -0.4 is 10.6 Å². The van der Waals surface area contributed by atoms with Crippen molar-refractivity contribution in [2.45, 2.75) is 52.2 Å². The molecular formula is C20H32FN3O2. The molecule has 2 atom stereocenters. The minimum absolute atomic E-state index is 0.0290. The number of nitrogens with one attached hydrogen (secondary N) is 2. The van der Waals surface area contributed by atoms with Gasteiger partial charge in [0.15, 0.2) is 5.96 Å². The number of aliphatic imine (C=N–C) groups is 1. The summed E-state index contributed by atoms with van der Waals surface area (Å²) in [7, 11) is 0. The van der Waals surface area contributed by atoms with Crippen LogP contribution in [0.25, 0.3) is 0 Å². The number of ether oxygens (including phenoxy) is 2. The molecule has 1 fully saturated rings. The highest BCUT2D eigenvalue weighted by Gasteiger charge is 2.15. The van der Waals surface area contributed by atoms with E-state index in [2.05, 4.69) is 15.6 Å². The minimum Gasteiger partial charge on any atom is -0.379 e. The molecule has 1 heterocycles. The van der Waals surface area contributed by atoms with Crippen molar-refractivity contribution in [3.05, 3.63) is 35.1 Å². The summed E-state index contributed by atoms with van der Waals surface area (Å²) in [5, 5.41) is 6.56. The minimum atomic E-state index is -0.179. The summed E-state index contributed by atoms with van der Waals surface area (Å²) in [6, 6.07) is 5.30. The topological polar surface area (TPSA) is 54.9 Å². The fourth-order valence-corrected chi connectivity index (χ4v) is 2.83. The third-order valence-electron chi connectivity index (χ3n) is 4.44. The number of guanidine groups is 1. The highest BCUT2D eigenvalue weighted by atomic mass is 19.1. The van der Waals surface area contributed by atoms with Crippen molar-refractivity contribution >= 4 is 5.96 Å². The molecule has 0 aromatic heterocycles. The first kappa shape index (κ1) is 20.6. The summed E-state index contributed by atoms with van der Waals surface area (Å²) in [4.78, 5) is 4.58. The van der Waals surface area contributed by atoms with Gasteiger partial charge in [0.1, 0.15) is 5.82 Å². The Bertz CT molecular complexity index is 574. The van der Waals surface area contributed by atoms with Gasteiger partial charge in [0.2, 0.25) is 0 Å². The first-order valence-corrected chi connectivity index (χ1v) is 9.60. The smallest absolute Gasteiger partial charge is 0.191 e. The van der Waals surface area contributed by atoms with Crippen LogP contribution in [0.5, 0.6) is 0 Å². The summed E-state index contributed by atoms with van der Waals surface area (Å²) in [6.07, 6.45) is 3.37. The zero-order valence-electron chi connectivity index (χ0n) is 16.2. The molecule has 2 rings (SSSR count). The molecule has 5 nitrogen and oxygen atoms in total. The molecule has 0 amide bonds. The molecule has 146 valence electrons. The maximum atomic E-state index is 13.8. The largest absolute Gasteiger partial charge is 0.379 e. The van der Waals surface area contributed by atoms with Gasteiger partial charge in [0, 0.05) is 26.3 Å². The number of benzene rings is 1. The van der Waals surface area contributed by atoms with Crippen LogP contribution in [0.2, 0.25) is 0 Å². The first-order valence-electron chi connectivity index (χ1n) is 9.60. The molecule has 26 heavy (non-hydrogen) atoms. The van der Waals surface area contributed by atoms with Gasteiger partial charge >= 0.3 is 0 Å². The lowest BCUT2D eigenvalue weighted by Gasteiger charge is -2.18. The van der Waals surface area contributed by atoms with Gasteiger partial charge in [-0.2, -0.15) is 0 Å². The Balaban J connectivity index is 1.74. The van der Waals surface area contributed by atoms with Crippen LogP contribution in [0.4, 0.5) is 4.39 Å². The van der Waals surface area contributed by atoms with Crippen molar-refractivity contribution in [1.29, 1.82) is 0 Å². The van der Waals surface area contributed by atoms with E-state index in [1.54, 1.807) is 19.1 Å². The van der Waals surface area contributed by atoms with Crippen molar-refractivity contribution in [3.63, 3.8) is 0 Å². The van der Waals surface area contributed by atoms with Crippen molar-refractivity contribution < 1.29 is 13.9 Å². The second-order valence-electron chi connectivity index (χ2n) is 6.70. The van der Waals surface area contributed by atoms with Crippen molar-refractivity contribution in [1.82, 2.24) is 10.6 Å². The van der Waals surface area contributed by atoms with Gasteiger partial charge in [-0.1, -0.05) is 12.1 Å². The second-order valence-corrected chi connectivity index (χ2v) is 6.70. The van der Waals surface area contributed by atoms with Crippen molar-refractivity contribution in [3.8, 4) is 0 Å². The standard InChI is InChI=1S/C20H32FN3O2/c1-4-22-20(23-10-6-11-25-14-18-7-5-12-26-18)24-16(3)17-9-8-15(2)19(21)13-17/h8-9,13,16,18H,4-7,10-12,14H2,1-3H3,(H2,22,23,24). The van der Waals surface area contributed by atoms with E-state index in [0.717, 1.165) is 43.9 Å². The van der Waals surface area contributed by atoms with Gasteiger partial charge in [-0.3, -0.25) is 4.99 Å². The lowest BCUT2D eigenvalue weighted by molar-refractivity contribution is 0.0171. The van der Waals surface area contributed by atoms with Crippen LogP contribution in [0.1, 0.15) is 50.3 Å². The molecule has 1 aliphatic rings. The van der Waals surface area contributed by atoms with E-state index in [9.17, 15) is 4.39 Å². The van der Waals surface area contributed by atoms with Gasteiger partial charge in [0.05, 0.1) is 18.8 Å². The normalized spacial score (nSPS) is 18.8. The zero-order valence-corrected chi connectivity index (χ0v) is 16.2. The van der Waals surface area contributed by atoms with E-state index in [-0.39, 0.29) is 18.0 Å². The number of aryl methyl sites for hydroxylation is 1. The van der Waals surface area contributed by atoms with E-state index >= 15 is 0 Å². The average Bonchev–Trinajstić information content (AvgIpc) is 3.13. The van der Waals surface area contributed by atoms with Crippen LogP contribution in [-0.2, 0) is 9.47 Å². The van der Waals surface area contributed by atoms with Crippen LogP contribution in [0.15, 0.2) is 23.2 Å². The van der Waals surface area contributed by atoms with Gasteiger partial charge in [0.25, 0.3) is 0 Å². The molecule has 0 radical (unpaired) electrons. The van der Waals surface area contributed by atoms with E-state index in [1.165, 1.54) is 0 Å². The van der Waals surface area contributed by atoms with Gasteiger partial charge in [-0.25, -0.2) is 4.39 Å². The molecule has 1 aromatic carbocycles. The van der Waals surface area contributed by atoms with E-state index in [4.69, 9.17) is 9.47 Å². The fraction of sp³-hybridized carbons (Fsp3) is 0.650. The van der Waals surface area contributed by atoms with Crippen molar-refractivity contribution in [2.75, 3.05) is 32.9 Å². The second kappa shape index (κ2) is 11.1. The highest BCUT2D eigenvalue weighted by Crippen LogP contribution is 2.16. The van der Waals surface area contributed by atoms with Crippen molar-refractivity contribution in [2.24, 2.45) is 4.99 Å². The predicted molar refractivity (Wildman–Crippen MR) is 103 cm³/mol. The number of hydrogen-bond acceptors (Lipinski definition) is 3. The third-order valence-corrected chi connectivity index (χ3v) is 4.44. The molecule has 2 unspecified atom stereocenters. The number of rotatable bonds is 9. The third kappa shape index (κ3) is 6.92. The lowest BCUT2D eigenvalue weighted by atomic mass is 10.1. The Kier molecular flexibility index (Phi) is 8.85. The quantitative estimate of drug-likeness (QED) is 0.400. The van der Waals surface area contributed by atoms with Gasteiger partial charge in [-0.15, -0.1) is 0 Å². The zero-order chi connectivity index (χ0) is 18.8. The lowest BCUT2D eigenvalue weighted by Crippen LogP contribution is -2.38. The van der Waals surface area contributed by atoms with Crippen LogP contribution in [-0.4, -0.2) is 45.0 Å². The van der Waals surface area contributed by atoms with E-state index in [0.29, 0.717) is 25.3 Å². The summed E-state index contributed by atoms with van der Waals surface area (Å²) in [5.41, 5.74) is 1.56. The Morgan fingerprint density at radius 2 is 2.31 bits per heavy atom. The van der Waals surface area contributed by atoms with Crippen LogP contribution in [0, 0.1) is 12.7 Å². The molecule has 0 spiro atoms. The van der Waals surface area contributed by atoms with Gasteiger partial charge < -0.3 is 20.1 Å². The highest BCUT2D eigenvalue weighted by molar-refractivity contribution is 5.80. The summed E-state index contributed by atoms with van der Waals surface area (Å²) >= 11 is 0. The average molecular weight is 365 g/mol. The monoisotopic (exact) mass is 365 g/mol. The summed E-state index contributed by atoms with van der Waals surface area (Å²) in [6.45, 7) is 9.47. The summed E-state index contributed by atoms with van der Waals surface area (Å²) < 4.78 is 25.0. The SMILES string of the molecule is CCNC(=NCCCOCC1CCCO1)NC(C)c1ccc(C)c(F)c1. The molecule has 2 N–H and O–H groups in total. The first-order chi connectivity index (χ1) is 12.6. The Morgan fingerprint density at radius 1 is 1.46 bits per heavy atom. The molecule has 0 aliphatic carbocycles. The van der Waals surface area contributed by atoms with E-state index < -0.39 is 0 Å². The molecule has 6 heteroatoms. The fourth-order valence-electron chi connectivity index (χ4n) is 2.83. The molecular weight excluding hydrogens is 333 g/mol. The molecule has 0 saturated carbocycles. The Labute approximate surface area is 156 Å². The Hall–Kier alpha value is -1.66. The molecule has 1 saturated heterocycles. The van der Waals surface area contributed by atoms with E-state index in [1.807, 2.05) is 19.9 Å². The number of halogens is 1.